The molecular formula is C15H11Br3O2. The fourth-order valence-corrected chi connectivity index (χ4v) is 4.06. The predicted octanol–water partition coefficient (Wildman–Crippen LogP) is 5.47. The summed E-state index contributed by atoms with van der Waals surface area (Å²) >= 11 is 10.9. The van der Waals surface area contributed by atoms with Crippen molar-refractivity contribution in [3.05, 3.63) is 56.5 Å². The van der Waals surface area contributed by atoms with Crippen molar-refractivity contribution in [3.8, 4) is 11.5 Å². The van der Waals surface area contributed by atoms with E-state index < -0.39 is 0 Å². The molecule has 104 valence electrons. The highest BCUT2D eigenvalue weighted by molar-refractivity contribution is 9.11. The van der Waals surface area contributed by atoms with E-state index in [0.717, 1.165) is 26.0 Å². The SMILES string of the molecule is Brc1cccc(C(Br)c2cc3c(cc2Br)OCCO3)c1. The minimum Gasteiger partial charge on any atom is -0.486 e. The van der Waals surface area contributed by atoms with E-state index in [4.69, 9.17) is 9.47 Å². The van der Waals surface area contributed by atoms with Crippen LogP contribution in [0.1, 0.15) is 16.0 Å². The Kier molecular flexibility index (Phi) is 4.38. The Morgan fingerprint density at radius 1 is 0.950 bits per heavy atom. The minimum absolute atomic E-state index is 0.0881. The lowest BCUT2D eigenvalue weighted by Gasteiger charge is -2.21. The van der Waals surface area contributed by atoms with Gasteiger partial charge in [-0.15, -0.1) is 0 Å². The lowest BCUT2D eigenvalue weighted by molar-refractivity contribution is 0.171. The Labute approximate surface area is 142 Å². The Morgan fingerprint density at radius 3 is 2.35 bits per heavy atom. The number of hydrogen-bond acceptors (Lipinski definition) is 2. The minimum atomic E-state index is 0.0881. The normalized spacial score (nSPS) is 14.9. The summed E-state index contributed by atoms with van der Waals surface area (Å²) in [5.41, 5.74) is 2.30. The topological polar surface area (TPSA) is 18.5 Å². The molecule has 1 unspecified atom stereocenters. The average Bonchev–Trinajstić information content (AvgIpc) is 2.46. The summed E-state index contributed by atoms with van der Waals surface area (Å²) < 4.78 is 13.3. The van der Waals surface area contributed by atoms with Gasteiger partial charge < -0.3 is 9.47 Å². The highest BCUT2D eigenvalue weighted by atomic mass is 79.9. The van der Waals surface area contributed by atoms with Gasteiger partial charge in [-0.3, -0.25) is 0 Å². The molecule has 2 nitrogen and oxygen atoms in total. The molecule has 0 amide bonds. The first-order valence-electron chi connectivity index (χ1n) is 6.14. The van der Waals surface area contributed by atoms with Crippen LogP contribution in [0.2, 0.25) is 0 Å². The summed E-state index contributed by atoms with van der Waals surface area (Å²) in [7, 11) is 0. The van der Waals surface area contributed by atoms with Gasteiger partial charge in [0.05, 0.1) is 4.83 Å². The van der Waals surface area contributed by atoms with Gasteiger partial charge >= 0.3 is 0 Å². The molecular weight excluding hydrogens is 452 g/mol. The van der Waals surface area contributed by atoms with E-state index in [1.807, 2.05) is 24.3 Å². The molecule has 1 heterocycles. The van der Waals surface area contributed by atoms with E-state index in [1.165, 1.54) is 5.56 Å². The second-order valence-corrected chi connectivity index (χ2v) is 7.12. The van der Waals surface area contributed by atoms with Gasteiger partial charge in [-0.2, -0.15) is 0 Å². The van der Waals surface area contributed by atoms with E-state index in [-0.39, 0.29) is 4.83 Å². The zero-order chi connectivity index (χ0) is 14.1. The molecule has 3 rings (SSSR count). The molecule has 0 saturated carbocycles. The molecule has 1 aliphatic heterocycles. The Bertz CT molecular complexity index is 643. The maximum absolute atomic E-state index is 5.65. The van der Waals surface area contributed by atoms with Crippen molar-refractivity contribution >= 4 is 47.8 Å². The number of halogens is 3. The molecule has 0 saturated heterocycles. The third kappa shape index (κ3) is 2.90. The fourth-order valence-electron chi connectivity index (χ4n) is 2.12. The highest BCUT2D eigenvalue weighted by Gasteiger charge is 2.20. The van der Waals surface area contributed by atoms with E-state index >= 15 is 0 Å². The number of fused-ring (bicyclic) bond motifs is 1. The molecule has 0 aromatic heterocycles. The number of benzene rings is 2. The van der Waals surface area contributed by atoms with Crippen molar-refractivity contribution in [2.75, 3.05) is 13.2 Å². The largest absolute Gasteiger partial charge is 0.486 e. The number of ether oxygens (including phenoxy) is 2. The zero-order valence-corrected chi connectivity index (χ0v) is 15.2. The van der Waals surface area contributed by atoms with E-state index in [2.05, 4.69) is 59.9 Å². The van der Waals surface area contributed by atoms with E-state index in [0.29, 0.717) is 13.2 Å². The van der Waals surface area contributed by atoms with Crippen molar-refractivity contribution < 1.29 is 9.47 Å². The highest BCUT2D eigenvalue weighted by Crippen LogP contribution is 2.42. The molecule has 20 heavy (non-hydrogen) atoms. The van der Waals surface area contributed by atoms with Crippen LogP contribution >= 0.6 is 47.8 Å². The van der Waals surface area contributed by atoms with Gasteiger partial charge in [-0.25, -0.2) is 0 Å². The molecule has 1 aliphatic rings. The maximum atomic E-state index is 5.65. The Morgan fingerprint density at radius 2 is 1.65 bits per heavy atom. The molecule has 0 bridgehead atoms. The molecule has 0 radical (unpaired) electrons. The third-order valence-corrected chi connectivity index (χ3v) is 5.28. The van der Waals surface area contributed by atoms with Gasteiger partial charge in [0.2, 0.25) is 0 Å². The van der Waals surface area contributed by atoms with Gasteiger partial charge in [0.25, 0.3) is 0 Å². The molecule has 2 aromatic carbocycles. The van der Waals surface area contributed by atoms with Crippen molar-refractivity contribution in [3.63, 3.8) is 0 Å². The van der Waals surface area contributed by atoms with Gasteiger partial charge in [-0.05, 0) is 35.4 Å². The summed E-state index contributed by atoms with van der Waals surface area (Å²) in [5.74, 6) is 1.59. The average molecular weight is 463 g/mol. The number of hydrogen-bond donors (Lipinski definition) is 0. The van der Waals surface area contributed by atoms with Gasteiger partial charge in [0.1, 0.15) is 13.2 Å². The van der Waals surface area contributed by atoms with Crippen LogP contribution in [0.25, 0.3) is 0 Å². The van der Waals surface area contributed by atoms with Gasteiger partial charge in [-0.1, -0.05) is 59.9 Å². The summed E-state index contributed by atoms with van der Waals surface area (Å²) in [6.07, 6.45) is 0. The molecule has 5 heteroatoms. The summed E-state index contributed by atoms with van der Waals surface area (Å²) in [4.78, 5) is 0.0881. The lowest BCUT2D eigenvalue weighted by Crippen LogP contribution is -2.15. The van der Waals surface area contributed by atoms with Crippen LogP contribution in [0.5, 0.6) is 11.5 Å². The quantitative estimate of drug-likeness (QED) is 0.551. The van der Waals surface area contributed by atoms with Crippen molar-refractivity contribution in [1.29, 1.82) is 0 Å². The molecule has 0 aliphatic carbocycles. The molecule has 0 spiro atoms. The first-order valence-corrected chi connectivity index (χ1v) is 8.64. The second-order valence-electron chi connectivity index (χ2n) is 4.43. The van der Waals surface area contributed by atoms with Crippen molar-refractivity contribution in [2.45, 2.75) is 4.83 Å². The lowest BCUT2D eigenvalue weighted by atomic mass is 10.0. The summed E-state index contributed by atoms with van der Waals surface area (Å²) in [5, 5.41) is 0. The molecule has 2 aromatic rings. The number of alkyl halides is 1. The van der Waals surface area contributed by atoms with Crippen LogP contribution in [-0.2, 0) is 0 Å². The van der Waals surface area contributed by atoms with Crippen molar-refractivity contribution in [2.24, 2.45) is 0 Å². The first-order chi connectivity index (χ1) is 9.65. The van der Waals surface area contributed by atoms with Crippen molar-refractivity contribution in [1.82, 2.24) is 0 Å². The standard InChI is InChI=1S/C15H11Br3O2/c16-10-3-1-2-9(6-10)15(18)11-7-13-14(8-12(11)17)20-5-4-19-13/h1-3,6-8,15H,4-5H2. The van der Waals surface area contributed by atoms with Crippen LogP contribution in [0.4, 0.5) is 0 Å². The van der Waals surface area contributed by atoms with Crippen LogP contribution in [0, 0.1) is 0 Å². The van der Waals surface area contributed by atoms with E-state index in [1.54, 1.807) is 0 Å². The van der Waals surface area contributed by atoms with Crippen LogP contribution in [-0.4, -0.2) is 13.2 Å². The Balaban J connectivity index is 2.01. The second kappa shape index (κ2) is 6.08. The first kappa shape index (κ1) is 14.4. The smallest absolute Gasteiger partial charge is 0.162 e. The zero-order valence-electron chi connectivity index (χ0n) is 10.4. The van der Waals surface area contributed by atoms with Gasteiger partial charge in [0.15, 0.2) is 11.5 Å². The summed E-state index contributed by atoms with van der Waals surface area (Å²) in [6.45, 7) is 1.19. The van der Waals surface area contributed by atoms with Crippen LogP contribution in [0.15, 0.2) is 45.3 Å². The monoisotopic (exact) mass is 460 g/mol. The van der Waals surface area contributed by atoms with Crippen LogP contribution in [0.3, 0.4) is 0 Å². The fraction of sp³-hybridized carbons (Fsp3) is 0.200. The predicted molar refractivity (Wildman–Crippen MR) is 90.0 cm³/mol. The summed E-state index contributed by atoms with van der Waals surface area (Å²) in [6, 6.07) is 12.2. The van der Waals surface area contributed by atoms with Crippen LogP contribution < -0.4 is 9.47 Å². The van der Waals surface area contributed by atoms with Gasteiger partial charge in [0, 0.05) is 8.95 Å². The van der Waals surface area contributed by atoms with E-state index in [9.17, 15) is 0 Å². The number of rotatable bonds is 2. The molecule has 1 atom stereocenters. The Hall–Kier alpha value is -0.520. The molecule has 0 N–H and O–H groups in total. The molecule has 0 fully saturated rings. The maximum Gasteiger partial charge on any atom is 0.162 e. The third-order valence-electron chi connectivity index (χ3n) is 3.08.